The summed E-state index contributed by atoms with van der Waals surface area (Å²) in [5, 5.41) is 2.76. The summed E-state index contributed by atoms with van der Waals surface area (Å²) in [5.41, 5.74) is 3.04. The van der Waals surface area contributed by atoms with Crippen LogP contribution in [0.1, 0.15) is 33.5 Å². The number of nitrogens with one attached hydrogen (secondary N) is 1. The Labute approximate surface area is 148 Å². The summed E-state index contributed by atoms with van der Waals surface area (Å²) in [6.07, 6.45) is 0.966. The quantitative estimate of drug-likeness (QED) is 0.855. The molecular weight excluding hydrogens is 341 g/mol. The first-order valence-electron chi connectivity index (χ1n) is 8.22. The van der Waals surface area contributed by atoms with Crippen LogP contribution in [-0.4, -0.2) is 18.7 Å². The van der Waals surface area contributed by atoms with Crippen molar-refractivity contribution >= 4 is 17.6 Å². The van der Waals surface area contributed by atoms with Gasteiger partial charge >= 0.3 is 5.97 Å². The Hall–Kier alpha value is -2.93. The van der Waals surface area contributed by atoms with Gasteiger partial charge in [0.2, 0.25) is 5.91 Å². The van der Waals surface area contributed by atoms with Gasteiger partial charge in [0, 0.05) is 23.2 Å². The number of aryl methyl sites for hydroxylation is 1. The molecule has 4 rings (SSSR count). The van der Waals surface area contributed by atoms with Gasteiger partial charge in [-0.2, -0.15) is 0 Å². The molecule has 134 valence electrons. The van der Waals surface area contributed by atoms with Crippen molar-refractivity contribution < 1.29 is 28.2 Å². The molecule has 0 atom stereocenters. The third-order valence-electron chi connectivity index (χ3n) is 4.35. The molecule has 0 bridgehead atoms. The van der Waals surface area contributed by atoms with E-state index in [1.165, 1.54) is 12.1 Å². The monoisotopic (exact) mass is 357 g/mol. The van der Waals surface area contributed by atoms with E-state index in [0.717, 1.165) is 5.56 Å². The average molecular weight is 357 g/mol. The fraction of sp³-hybridized carbons (Fsp3) is 0.263. The van der Waals surface area contributed by atoms with E-state index in [4.69, 9.17) is 14.2 Å². The SMILES string of the molecule is O=C1CCc2cc(C(=O)OCc3cc(F)cc4c3OCOC4)ccc2N1. The predicted molar refractivity (Wildman–Crippen MR) is 89.2 cm³/mol. The number of amides is 1. The second-order valence-electron chi connectivity index (χ2n) is 6.16. The number of carbonyl (C=O) groups excluding carboxylic acids is 2. The second kappa shape index (κ2) is 6.76. The van der Waals surface area contributed by atoms with Crippen molar-refractivity contribution in [3.8, 4) is 5.75 Å². The van der Waals surface area contributed by atoms with Gasteiger partial charge in [-0.25, -0.2) is 9.18 Å². The molecule has 2 aromatic rings. The van der Waals surface area contributed by atoms with E-state index in [0.29, 0.717) is 41.0 Å². The number of fused-ring (bicyclic) bond motifs is 2. The van der Waals surface area contributed by atoms with Crippen LogP contribution in [0.4, 0.5) is 10.1 Å². The van der Waals surface area contributed by atoms with Crippen LogP contribution in [-0.2, 0) is 33.9 Å². The molecule has 6 nitrogen and oxygen atoms in total. The molecule has 0 saturated carbocycles. The standard InChI is InChI=1S/C19H16FNO5/c20-15-6-13-8-24-10-26-18(13)14(7-15)9-25-19(23)12-1-3-16-11(5-12)2-4-17(22)21-16/h1,3,5-7H,2,4,8-10H2,(H,21,22). The molecule has 0 unspecified atom stereocenters. The Kier molecular flexibility index (Phi) is 4.30. The minimum Gasteiger partial charge on any atom is -0.467 e. The van der Waals surface area contributed by atoms with Gasteiger partial charge in [-0.05, 0) is 42.3 Å². The Balaban J connectivity index is 1.50. The zero-order valence-electron chi connectivity index (χ0n) is 13.8. The number of esters is 1. The molecule has 1 N–H and O–H groups in total. The summed E-state index contributed by atoms with van der Waals surface area (Å²) < 4.78 is 29.6. The summed E-state index contributed by atoms with van der Waals surface area (Å²) >= 11 is 0. The molecule has 0 aromatic heterocycles. The van der Waals surface area contributed by atoms with Gasteiger partial charge in [0.05, 0.1) is 12.2 Å². The van der Waals surface area contributed by atoms with Crippen molar-refractivity contribution in [2.24, 2.45) is 0 Å². The van der Waals surface area contributed by atoms with E-state index < -0.39 is 11.8 Å². The number of ether oxygens (including phenoxy) is 3. The van der Waals surface area contributed by atoms with Crippen molar-refractivity contribution in [1.29, 1.82) is 0 Å². The van der Waals surface area contributed by atoms with Gasteiger partial charge in [-0.1, -0.05) is 0 Å². The highest BCUT2D eigenvalue weighted by Gasteiger charge is 2.20. The molecule has 0 spiro atoms. The highest BCUT2D eigenvalue weighted by molar-refractivity contribution is 5.96. The van der Waals surface area contributed by atoms with Crippen LogP contribution in [0.5, 0.6) is 5.75 Å². The topological polar surface area (TPSA) is 73.9 Å². The summed E-state index contributed by atoms with van der Waals surface area (Å²) in [6, 6.07) is 7.63. The van der Waals surface area contributed by atoms with Crippen LogP contribution in [0.25, 0.3) is 0 Å². The lowest BCUT2D eigenvalue weighted by atomic mass is 10.0. The molecule has 0 fully saturated rings. The highest BCUT2D eigenvalue weighted by atomic mass is 19.1. The van der Waals surface area contributed by atoms with Gasteiger partial charge in [-0.3, -0.25) is 4.79 Å². The van der Waals surface area contributed by atoms with Gasteiger partial charge in [0.15, 0.2) is 6.79 Å². The number of benzene rings is 2. The predicted octanol–water partition coefficient (Wildman–Crippen LogP) is 2.93. The lowest BCUT2D eigenvalue weighted by Crippen LogP contribution is -2.19. The molecule has 26 heavy (non-hydrogen) atoms. The minimum atomic E-state index is -0.519. The molecule has 2 heterocycles. The second-order valence-corrected chi connectivity index (χ2v) is 6.16. The zero-order valence-corrected chi connectivity index (χ0v) is 13.8. The van der Waals surface area contributed by atoms with Crippen molar-refractivity contribution in [3.05, 3.63) is 58.4 Å². The van der Waals surface area contributed by atoms with Crippen molar-refractivity contribution in [2.45, 2.75) is 26.1 Å². The molecule has 0 radical (unpaired) electrons. The van der Waals surface area contributed by atoms with Crippen molar-refractivity contribution in [2.75, 3.05) is 12.1 Å². The molecule has 0 aliphatic carbocycles. The maximum absolute atomic E-state index is 13.7. The first-order chi connectivity index (χ1) is 12.6. The number of hydrogen-bond donors (Lipinski definition) is 1. The maximum Gasteiger partial charge on any atom is 0.338 e. The molecular formula is C19H16FNO5. The van der Waals surface area contributed by atoms with Crippen LogP contribution >= 0.6 is 0 Å². The third kappa shape index (κ3) is 3.25. The van der Waals surface area contributed by atoms with E-state index in [9.17, 15) is 14.0 Å². The molecule has 1 amide bonds. The molecule has 7 heteroatoms. The Morgan fingerprint density at radius 1 is 1.19 bits per heavy atom. The smallest absolute Gasteiger partial charge is 0.338 e. The lowest BCUT2D eigenvalue weighted by Gasteiger charge is -2.21. The molecule has 2 aromatic carbocycles. The van der Waals surface area contributed by atoms with Crippen LogP contribution < -0.4 is 10.1 Å². The summed E-state index contributed by atoms with van der Waals surface area (Å²) in [7, 11) is 0. The number of halogens is 1. The van der Waals surface area contributed by atoms with Crippen LogP contribution in [0, 0.1) is 5.82 Å². The highest BCUT2D eigenvalue weighted by Crippen LogP contribution is 2.30. The van der Waals surface area contributed by atoms with Crippen LogP contribution in [0.15, 0.2) is 30.3 Å². The van der Waals surface area contributed by atoms with E-state index in [-0.39, 0.29) is 25.9 Å². The zero-order chi connectivity index (χ0) is 18.1. The van der Waals surface area contributed by atoms with Crippen molar-refractivity contribution in [3.63, 3.8) is 0 Å². The Morgan fingerprint density at radius 3 is 2.96 bits per heavy atom. The van der Waals surface area contributed by atoms with Crippen LogP contribution in [0.3, 0.4) is 0 Å². The number of carbonyl (C=O) groups is 2. The number of rotatable bonds is 3. The maximum atomic E-state index is 13.7. The molecule has 2 aliphatic heterocycles. The first-order valence-corrected chi connectivity index (χ1v) is 8.22. The minimum absolute atomic E-state index is 0.0346. The van der Waals surface area contributed by atoms with Crippen molar-refractivity contribution in [1.82, 2.24) is 0 Å². The summed E-state index contributed by atoms with van der Waals surface area (Å²) in [4.78, 5) is 23.7. The summed E-state index contributed by atoms with van der Waals surface area (Å²) in [5.74, 6) is -0.491. The van der Waals surface area contributed by atoms with Gasteiger partial charge in [-0.15, -0.1) is 0 Å². The van der Waals surface area contributed by atoms with Gasteiger partial charge < -0.3 is 19.5 Å². The Morgan fingerprint density at radius 2 is 2.08 bits per heavy atom. The summed E-state index contributed by atoms with van der Waals surface area (Å²) in [6.45, 7) is 0.230. The molecule has 2 aliphatic rings. The first kappa shape index (κ1) is 16.5. The van der Waals surface area contributed by atoms with Gasteiger partial charge in [0.1, 0.15) is 18.2 Å². The number of hydrogen-bond acceptors (Lipinski definition) is 5. The number of anilines is 1. The van der Waals surface area contributed by atoms with Crippen LogP contribution in [0.2, 0.25) is 0 Å². The normalized spacial score (nSPS) is 15.3. The lowest BCUT2D eigenvalue weighted by molar-refractivity contribution is -0.116. The van der Waals surface area contributed by atoms with E-state index in [2.05, 4.69) is 5.32 Å². The third-order valence-corrected chi connectivity index (χ3v) is 4.35. The fourth-order valence-electron chi connectivity index (χ4n) is 3.10. The van der Waals surface area contributed by atoms with E-state index in [1.54, 1.807) is 18.2 Å². The average Bonchev–Trinajstić information content (AvgIpc) is 2.65. The van der Waals surface area contributed by atoms with Gasteiger partial charge in [0.25, 0.3) is 0 Å². The van der Waals surface area contributed by atoms with E-state index in [1.807, 2.05) is 0 Å². The van der Waals surface area contributed by atoms with E-state index >= 15 is 0 Å². The fourth-order valence-corrected chi connectivity index (χ4v) is 3.10. The Bertz CT molecular complexity index is 896. The molecule has 0 saturated heterocycles. The largest absolute Gasteiger partial charge is 0.467 e.